The Kier molecular flexibility index (Phi) is 19.1. The van der Waals surface area contributed by atoms with Gasteiger partial charge in [0, 0.05) is 0 Å². The molecule has 0 amide bonds. The minimum absolute atomic E-state index is 0.361. The number of aliphatic hydroxyl groups excluding tert-OH is 1. The van der Waals surface area contributed by atoms with Crippen LogP contribution in [-0.4, -0.2) is 18.0 Å². The molecule has 2 nitrogen and oxygen atoms in total. The fourth-order valence-corrected chi connectivity index (χ4v) is 0.489. The van der Waals surface area contributed by atoms with E-state index in [4.69, 9.17) is 9.90 Å². The van der Waals surface area contributed by atoms with Crippen molar-refractivity contribution in [2.24, 2.45) is 0 Å². The Bertz CT molecular complexity index is 87.6. The van der Waals surface area contributed by atoms with Gasteiger partial charge < -0.3 is 9.90 Å². The molecule has 66 valence electrons. The first-order valence-corrected chi connectivity index (χ1v) is 3.99. The van der Waals surface area contributed by atoms with Gasteiger partial charge in [-0.05, 0) is 13.3 Å². The molecular weight excluding hydrogens is 140 g/mol. The van der Waals surface area contributed by atoms with E-state index in [1.165, 1.54) is 19.3 Å². The van der Waals surface area contributed by atoms with Gasteiger partial charge in [-0.2, -0.15) is 0 Å². The zero-order chi connectivity index (χ0) is 8.95. The molecule has 0 saturated carbocycles. The van der Waals surface area contributed by atoms with Crippen LogP contribution >= 0.6 is 0 Å². The van der Waals surface area contributed by atoms with E-state index in [0.717, 1.165) is 0 Å². The highest BCUT2D eigenvalue weighted by Crippen LogP contribution is 1.93. The molecular formula is C9H18O2. The minimum atomic E-state index is -0.361. The molecule has 0 bridgehead atoms. The lowest BCUT2D eigenvalue weighted by atomic mass is 10.2. The van der Waals surface area contributed by atoms with Crippen LogP contribution in [0.1, 0.15) is 33.1 Å². The first kappa shape index (κ1) is 13.0. The van der Waals surface area contributed by atoms with Crippen molar-refractivity contribution in [3.05, 3.63) is 12.2 Å². The number of aliphatic hydroxyl groups is 1. The molecule has 0 aliphatic heterocycles. The van der Waals surface area contributed by atoms with E-state index in [1.54, 1.807) is 0 Å². The van der Waals surface area contributed by atoms with Gasteiger partial charge in [0.1, 0.15) is 6.29 Å². The maximum absolute atomic E-state index is 8.92. The first-order valence-electron chi connectivity index (χ1n) is 3.99. The third-order valence-corrected chi connectivity index (χ3v) is 1.03. The van der Waals surface area contributed by atoms with Crippen LogP contribution in [0.3, 0.4) is 0 Å². The summed E-state index contributed by atoms with van der Waals surface area (Å²) >= 11 is 0. The van der Waals surface area contributed by atoms with Crippen LogP contribution in [0, 0.1) is 0 Å². The van der Waals surface area contributed by atoms with Crippen LogP contribution in [0.4, 0.5) is 0 Å². The van der Waals surface area contributed by atoms with Gasteiger partial charge in [-0.3, -0.25) is 0 Å². The number of carbonyl (C=O) groups is 1. The molecule has 0 fully saturated rings. The SMILES string of the molecule is CC=CCCCC.O=CCO. The molecule has 1 N–H and O–H groups in total. The van der Waals surface area contributed by atoms with E-state index in [1.807, 2.05) is 0 Å². The highest BCUT2D eigenvalue weighted by Gasteiger charge is 1.73. The van der Waals surface area contributed by atoms with Gasteiger partial charge in [-0.25, -0.2) is 0 Å². The minimum Gasteiger partial charge on any atom is -0.389 e. The Labute approximate surface area is 68.9 Å². The summed E-state index contributed by atoms with van der Waals surface area (Å²) in [6.45, 7) is 3.92. The Morgan fingerprint density at radius 1 is 1.45 bits per heavy atom. The van der Waals surface area contributed by atoms with E-state index in [2.05, 4.69) is 26.0 Å². The summed E-state index contributed by atoms with van der Waals surface area (Å²) in [6.07, 6.45) is 8.65. The van der Waals surface area contributed by atoms with Gasteiger partial charge in [-0.15, -0.1) is 0 Å². The Balaban J connectivity index is 0. The highest BCUT2D eigenvalue weighted by atomic mass is 16.3. The predicted octanol–water partition coefficient (Wildman–Crippen LogP) is 1.93. The lowest BCUT2D eigenvalue weighted by Crippen LogP contribution is -1.75. The molecule has 0 aromatic heterocycles. The normalized spacial score (nSPS) is 9.00. The number of allylic oxidation sites excluding steroid dienone is 2. The third kappa shape index (κ3) is 26.7. The molecule has 11 heavy (non-hydrogen) atoms. The average molecular weight is 158 g/mol. The third-order valence-electron chi connectivity index (χ3n) is 1.03. The molecule has 0 aromatic carbocycles. The Morgan fingerprint density at radius 2 is 2.00 bits per heavy atom. The van der Waals surface area contributed by atoms with Crippen molar-refractivity contribution in [1.29, 1.82) is 0 Å². The summed E-state index contributed by atoms with van der Waals surface area (Å²) in [5, 5.41) is 7.51. The molecule has 0 aliphatic rings. The Hall–Kier alpha value is -0.630. The number of unbranched alkanes of at least 4 members (excludes halogenated alkanes) is 2. The largest absolute Gasteiger partial charge is 0.389 e. The zero-order valence-electron chi connectivity index (χ0n) is 7.42. The molecule has 0 saturated heterocycles. The second-order valence-electron chi connectivity index (χ2n) is 2.06. The first-order chi connectivity index (χ1) is 5.33. The summed E-state index contributed by atoms with van der Waals surface area (Å²) in [6, 6.07) is 0. The van der Waals surface area contributed by atoms with Crippen molar-refractivity contribution in [2.45, 2.75) is 33.1 Å². The number of hydrogen-bond donors (Lipinski definition) is 1. The van der Waals surface area contributed by atoms with Gasteiger partial charge in [0.15, 0.2) is 0 Å². The molecule has 0 unspecified atom stereocenters. The molecule has 0 rings (SSSR count). The van der Waals surface area contributed by atoms with Crippen LogP contribution in [0.5, 0.6) is 0 Å². The van der Waals surface area contributed by atoms with E-state index in [9.17, 15) is 0 Å². The summed E-state index contributed by atoms with van der Waals surface area (Å²) in [4.78, 5) is 8.92. The van der Waals surface area contributed by atoms with Crippen molar-refractivity contribution in [3.8, 4) is 0 Å². The van der Waals surface area contributed by atoms with E-state index in [0.29, 0.717) is 6.29 Å². The quantitative estimate of drug-likeness (QED) is 0.385. The smallest absolute Gasteiger partial charge is 0.145 e. The van der Waals surface area contributed by atoms with Crippen LogP contribution in [-0.2, 0) is 4.79 Å². The van der Waals surface area contributed by atoms with Crippen LogP contribution < -0.4 is 0 Å². The monoisotopic (exact) mass is 158 g/mol. The standard InChI is InChI=1S/C7H14.C2H4O2/c1-3-5-7-6-4-2;3-1-2-4/h3,5H,4,6-7H2,1-2H3;1,4H,2H2. The zero-order valence-corrected chi connectivity index (χ0v) is 7.42. The second kappa shape index (κ2) is 16.2. The van der Waals surface area contributed by atoms with Crippen LogP contribution in [0.25, 0.3) is 0 Å². The molecule has 0 radical (unpaired) electrons. The molecule has 0 heterocycles. The van der Waals surface area contributed by atoms with E-state index < -0.39 is 0 Å². The van der Waals surface area contributed by atoms with Crippen LogP contribution in [0.2, 0.25) is 0 Å². The van der Waals surface area contributed by atoms with Gasteiger partial charge in [0.2, 0.25) is 0 Å². The summed E-state index contributed by atoms with van der Waals surface area (Å²) < 4.78 is 0. The Morgan fingerprint density at radius 3 is 2.27 bits per heavy atom. The lowest BCUT2D eigenvalue weighted by Gasteiger charge is -1.83. The van der Waals surface area contributed by atoms with Crippen molar-refractivity contribution in [3.63, 3.8) is 0 Å². The number of aldehydes is 1. The van der Waals surface area contributed by atoms with Crippen molar-refractivity contribution in [2.75, 3.05) is 6.61 Å². The second-order valence-corrected chi connectivity index (χ2v) is 2.06. The van der Waals surface area contributed by atoms with Crippen molar-refractivity contribution in [1.82, 2.24) is 0 Å². The van der Waals surface area contributed by atoms with E-state index in [-0.39, 0.29) is 6.61 Å². The predicted molar refractivity (Wildman–Crippen MR) is 47.5 cm³/mol. The van der Waals surface area contributed by atoms with Gasteiger partial charge in [0.05, 0.1) is 6.61 Å². The van der Waals surface area contributed by atoms with E-state index >= 15 is 0 Å². The van der Waals surface area contributed by atoms with Crippen molar-refractivity contribution >= 4 is 6.29 Å². The molecule has 0 aromatic rings. The summed E-state index contributed by atoms with van der Waals surface area (Å²) in [5.74, 6) is 0. The maximum atomic E-state index is 8.92. The summed E-state index contributed by atoms with van der Waals surface area (Å²) in [5.41, 5.74) is 0. The number of carbonyl (C=O) groups excluding carboxylic acids is 1. The van der Waals surface area contributed by atoms with Crippen molar-refractivity contribution < 1.29 is 9.90 Å². The van der Waals surface area contributed by atoms with Crippen LogP contribution in [0.15, 0.2) is 12.2 Å². The van der Waals surface area contributed by atoms with Gasteiger partial charge in [0.25, 0.3) is 0 Å². The molecule has 0 spiro atoms. The number of rotatable bonds is 4. The topological polar surface area (TPSA) is 37.3 Å². The maximum Gasteiger partial charge on any atom is 0.145 e. The van der Waals surface area contributed by atoms with Gasteiger partial charge in [-0.1, -0.05) is 31.9 Å². The molecule has 0 aliphatic carbocycles. The fraction of sp³-hybridized carbons (Fsp3) is 0.667. The molecule has 2 heteroatoms. The highest BCUT2D eigenvalue weighted by molar-refractivity contribution is 5.49. The summed E-state index contributed by atoms with van der Waals surface area (Å²) in [7, 11) is 0. The fourth-order valence-electron chi connectivity index (χ4n) is 0.489. The number of hydrogen-bond acceptors (Lipinski definition) is 2. The lowest BCUT2D eigenvalue weighted by molar-refractivity contribution is -0.110. The molecule has 0 atom stereocenters. The average Bonchev–Trinajstić information content (AvgIpc) is 2.06. The van der Waals surface area contributed by atoms with Gasteiger partial charge >= 0.3 is 0 Å².